The highest BCUT2D eigenvalue weighted by atomic mass is 16.1. The third-order valence-electron chi connectivity index (χ3n) is 2.02. The topological polar surface area (TPSA) is 34.1 Å². The minimum atomic E-state index is -0.140. The van der Waals surface area contributed by atoms with Gasteiger partial charge in [-0.2, -0.15) is 0 Å². The van der Waals surface area contributed by atoms with E-state index in [1.807, 2.05) is 13.0 Å². The zero-order valence-corrected chi connectivity index (χ0v) is 7.78. The fourth-order valence-corrected chi connectivity index (χ4v) is 1.12. The summed E-state index contributed by atoms with van der Waals surface area (Å²) in [5, 5.41) is 0. The molecule has 0 amide bonds. The summed E-state index contributed by atoms with van der Waals surface area (Å²) < 4.78 is 0. The first-order chi connectivity index (χ1) is 6.15. The molecule has 0 bridgehead atoms. The van der Waals surface area contributed by atoms with Crippen LogP contribution >= 0.6 is 0 Å². The van der Waals surface area contributed by atoms with Crippen LogP contribution in [0.4, 0.5) is 0 Å². The summed E-state index contributed by atoms with van der Waals surface area (Å²) in [5.74, 6) is -0.112. The summed E-state index contributed by atoms with van der Waals surface area (Å²) in [6, 6.07) is 7.17. The van der Waals surface area contributed by atoms with Gasteiger partial charge in [-0.1, -0.05) is 25.1 Å². The first-order valence-corrected chi connectivity index (χ1v) is 4.21. The molecule has 0 fully saturated rings. The molecule has 0 heterocycles. The molecule has 1 rings (SSSR count). The second-order valence-corrected chi connectivity index (χ2v) is 3.11. The summed E-state index contributed by atoms with van der Waals surface area (Å²) in [4.78, 5) is 21.5. The van der Waals surface area contributed by atoms with Crippen molar-refractivity contribution in [3.8, 4) is 0 Å². The van der Waals surface area contributed by atoms with Gasteiger partial charge in [0.2, 0.25) is 0 Å². The standard InChI is InChI=1S/C11H12O2/c1-8(7-12)10-4-3-5-11(6-10)9(2)13/h3-8H,1-2H3. The van der Waals surface area contributed by atoms with E-state index in [1.54, 1.807) is 18.2 Å². The highest BCUT2D eigenvalue weighted by Crippen LogP contribution is 2.14. The highest BCUT2D eigenvalue weighted by molar-refractivity contribution is 5.94. The maximum absolute atomic E-state index is 11.0. The van der Waals surface area contributed by atoms with Crippen LogP contribution in [0.1, 0.15) is 35.7 Å². The van der Waals surface area contributed by atoms with Crippen molar-refractivity contribution in [1.29, 1.82) is 0 Å². The Morgan fingerprint density at radius 3 is 2.69 bits per heavy atom. The van der Waals surface area contributed by atoms with Crippen LogP contribution in [-0.4, -0.2) is 12.1 Å². The first-order valence-electron chi connectivity index (χ1n) is 4.21. The van der Waals surface area contributed by atoms with Crippen LogP contribution in [0.5, 0.6) is 0 Å². The van der Waals surface area contributed by atoms with Gasteiger partial charge in [0.25, 0.3) is 0 Å². The fraction of sp³-hybridized carbons (Fsp3) is 0.273. The second kappa shape index (κ2) is 3.99. The molecule has 1 aromatic rings. The van der Waals surface area contributed by atoms with E-state index in [1.165, 1.54) is 6.92 Å². The lowest BCUT2D eigenvalue weighted by atomic mass is 9.99. The number of benzene rings is 1. The summed E-state index contributed by atoms with van der Waals surface area (Å²) in [5.41, 5.74) is 1.55. The van der Waals surface area contributed by atoms with Crippen molar-refractivity contribution in [3.63, 3.8) is 0 Å². The average molecular weight is 176 g/mol. The largest absolute Gasteiger partial charge is 0.303 e. The second-order valence-electron chi connectivity index (χ2n) is 3.11. The minimum Gasteiger partial charge on any atom is -0.303 e. The van der Waals surface area contributed by atoms with Crippen molar-refractivity contribution in [2.24, 2.45) is 0 Å². The Kier molecular flexibility index (Phi) is 2.96. The molecule has 1 aromatic carbocycles. The quantitative estimate of drug-likeness (QED) is 0.522. The zero-order valence-electron chi connectivity index (χ0n) is 7.78. The molecule has 2 nitrogen and oxygen atoms in total. The molecule has 1 unspecified atom stereocenters. The molecule has 0 aliphatic carbocycles. The predicted octanol–water partition coefficient (Wildman–Crippen LogP) is 2.19. The van der Waals surface area contributed by atoms with Crippen LogP contribution in [0.3, 0.4) is 0 Å². The first kappa shape index (κ1) is 9.65. The normalized spacial score (nSPS) is 12.2. The molecule has 0 spiro atoms. The molecular formula is C11H12O2. The van der Waals surface area contributed by atoms with Gasteiger partial charge >= 0.3 is 0 Å². The molecule has 2 heteroatoms. The molecule has 0 saturated carbocycles. The molecule has 0 aliphatic heterocycles. The molecule has 13 heavy (non-hydrogen) atoms. The fourth-order valence-electron chi connectivity index (χ4n) is 1.12. The van der Waals surface area contributed by atoms with Gasteiger partial charge in [0.15, 0.2) is 5.78 Å². The SMILES string of the molecule is CC(=O)c1cccc(C(C)C=O)c1. The van der Waals surface area contributed by atoms with Crippen LogP contribution in [0.25, 0.3) is 0 Å². The lowest BCUT2D eigenvalue weighted by Gasteiger charge is -2.04. The van der Waals surface area contributed by atoms with E-state index in [-0.39, 0.29) is 11.7 Å². The van der Waals surface area contributed by atoms with Crippen LogP contribution < -0.4 is 0 Å². The van der Waals surface area contributed by atoms with Gasteiger partial charge in [-0.25, -0.2) is 0 Å². The van der Waals surface area contributed by atoms with Crippen molar-refractivity contribution >= 4 is 12.1 Å². The monoisotopic (exact) mass is 176 g/mol. The maximum atomic E-state index is 11.0. The van der Waals surface area contributed by atoms with E-state index >= 15 is 0 Å². The highest BCUT2D eigenvalue weighted by Gasteiger charge is 2.05. The Morgan fingerprint density at radius 2 is 2.15 bits per heavy atom. The summed E-state index contributed by atoms with van der Waals surface area (Å²) >= 11 is 0. The number of aldehydes is 1. The van der Waals surface area contributed by atoms with Crippen LogP contribution in [0.15, 0.2) is 24.3 Å². The predicted molar refractivity (Wildman–Crippen MR) is 50.9 cm³/mol. The van der Waals surface area contributed by atoms with Crippen LogP contribution in [-0.2, 0) is 4.79 Å². The summed E-state index contributed by atoms with van der Waals surface area (Å²) in [7, 11) is 0. The van der Waals surface area contributed by atoms with Gasteiger partial charge in [0, 0.05) is 11.5 Å². The molecular weight excluding hydrogens is 164 g/mol. The maximum Gasteiger partial charge on any atom is 0.159 e. The van der Waals surface area contributed by atoms with Gasteiger partial charge in [-0.05, 0) is 18.6 Å². The number of Topliss-reactive ketones (excluding diaryl/α,β-unsaturated/α-hetero) is 1. The van der Waals surface area contributed by atoms with Gasteiger partial charge in [0.05, 0.1) is 0 Å². The summed E-state index contributed by atoms with van der Waals surface area (Å²) in [6.07, 6.45) is 0.874. The van der Waals surface area contributed by atoms with E-state index in [9.17, 15) is 9.59 Å². The number of ketones is 1. The number of rotatable bonds is 3. The number of hydrogen-bond acceptors (Lipinski definition) is 2. The molecule has 0 aromatic heterocycles. The third-order valence-corrected chi connectivity index (χ3v) is 2.02. The zero-order chi connectivity index (χ0) is 9.84. The third kappa shape index (κ3) is 2.25. The lowest BCUT2D eigenvalue weighted by Crippen LogP contribution is -1.98. The van der Waals surface area contributed by atoms with Crippen molar-refractivity contribution in [2.45, 2.75) is 19.8 Å². The number of carbonyl (C=O) groups is 2. The van der Waals surface area contributed by atoms with Crippen molar-refractivity contribution in [2.75, 3.05) is 0 Å². The lowest BCUT2D eigenvalue weighted by molar-refractivity contribution is -0.108. The summed E-state index contributed by atoms with van der Waals surface area (Å²) in [6.45, 7) is 3.33. The molecule has 0 radical (unpaired) electrons. The van der Waals surface area contributed by atoms with Gasteiger partial charge in [0.1, 0.15) is 6.29 Å². The van der Waals surface area contributed by atoms with Crippen LogP contribution in [0, 0.1) is 0 Å². The van der Waals surface area contributed by atoms with Crippen molar-refractivity contribution in [3.05, 3.63) is 35.4 Å². The van der Waals surface area contributed by atoms with Gasteiger partial charge < -0.3 is 4.79 Å². The van der Waals surface area contributed by atoms with E-state index in [0.717, 1.165) is 11.8 Å². The van der Waals surface area contributed by atoms with E-state index in [2.05, 4.69) is 0 Å². The number of hydrogen-bond donors (Lipinski definition) is 0. The number of carbonyl (C=O) groups excluding carboxylic acids is 2. The Morgan fingerprint density at radius 1 is 1.46 bits per heavy atom. The van der Waals surface area contributed by atoms with Crippen molar-refractivity contribution in [1.82, 2.24) is 0 Å². The Balaban J connectivity index is 3.04. The minimum absolute atomic E-state index is 0.0277. The van der Waals surface area contributed by atoms with Crippen molar-refractivity contribution < 1.29 is 9.59 Å². The van der Waals surface area contributed by atoms with Gasteiger partial charge in [-0.3, -0.25) is 4.79 Å². The van der Waals surface area contributed by atoms with E-state index in [0.29, 0.717) is 5.56 Å². The Bertz CT molecular complexity index is 329. The smallest absolute Gasteiger partial charge is 0.159 e. The van der Waals surface area contributed by atoms with E-state index in [4.69, 9.17) is 0 Å². The Hall–Kier alpha value is -1.44. The molecule has 68 valence electrons. The molecule has 1 atom stereocenters. The average Bonchev–Trinajstić information content (AvgIpc) is 2.17. The Labute approximate surface area is 77.6 Å². The van der Waals surface area contributed by atoms with Crippen LogP contribution in [0.2, 0.25) is 0 Å². The van der Waals surface area contributed by atoms with E-state index < -0.39 is 0 Å². The molecule has 0 aliphatic rings. The van der Waals surface area contributed by atoms with Gasteiger partial charge in [-0.15, -0.1) is 0 Å². The molecule has 0 saturated heterocycles. The molecule has 0 N–H and O–H groups in total.